The van der Waals surface area contributed by atoms with E-state index in [1.165, 1.54) is 0 Å². The van der Waals surface area contributed by atoms with Crippen molar-refractivity contribution in [3.05, 3.63) is 33.3 Å². The van der Waals surface area contributed by atoms with Gasteiger partial charge in [-0.15, -0.1) is 0 Å². The second-order valence-corrected chi connectivity index (χ2v) is 3.72. The van der Waals surface area contributed by atoms with E-state index in [-0.39, 0.29) is 0 Å². The average Bonchev–Trinajstić information content (AvgIpc) is 2.18. The quantitative estimate of drug-likeness (QED) is 0.463. The first-order valence-corrected chi connectivity index (χ1v) is 4.65. The van der Waals surface area contributed by atoms with Crippen molar-refractivity contribution in [1.29, 1.82) is 0 Å². The predicted molar refractivity (Wildman–Crippen MR) is 48.4 cm³/mol. The zero-order valence-electron chi connectivity index (χ0n) is 7.51. The van der Waals surface area contributed by atoms with E-state index in [1.54, 1.807) is 0 Å². The first kappa shape index (κ1) is 12.2. The summed E-state index contributed by atoms with van der Waals surface area (Å²) in [5.74, 6) is -6.75. The van der Waals surface area contributed by atoms with E-state index in [1.807, 2.05) is 0 Å². The molecule has 0 spiro atoms. The molecule has 15 heavy (non-hydrogen) atoms. The van der Waals surface area contributed by atoms with Crippen LogP contribution < -0.4 is 0 Å². The van der Waals surface area contributed by atoms with Crippen LogP contribution in [0.2, 0.25) is 0 Å². The third-order valence-electron chi connectivity index (χ3n) is 1.73. The van der Waals surface area contributed by atoms with Gasteiger partial charge in [0.25, 0.3) is 0 Å². The molecule has 0 atom stereocenters. The molecule has 1 nitrogen and oxygen atoms in total. The van der Waals surface area contributed by atoms with Crippen molar-refractivity contribution in [2.75, 3.05) is 0 Å². The lowest BCUT2D eigenvalue weighted by Gasteiger charge is -2.06. The minimum absolute atomic E-state index is 0.589. The Hall–Kier alpha value is -0.910. The van der Waals surface area contributed by atoms with E-state index in [2.05, 4.69) is 15.9 Å². The predicted octanol–water partition coefficient (Wildman–Crippen LogP) is 3.14. The molecule has 0 bridgehead atoms. The van der Waals surface area contributed by atoms with Crippen LogP contribution in [0.15, 0.2) is 4.47 Å². The van der Waals surface area contributed by atoms with Gasteiger partial charge in [-0.25, -0.2) is 17.6 Å². The van der Waals surface area contributed by atoms with Gasteiger partial charge in [0, 0.05) is 12.0 Å². The molecule has 6 heteroatoms. The molecule has 0 saturated carbocycles. The van der Waals surface area contributed by atoms with Crippen LogP contribution in [0.3, 0.4) is 0 Å². The summed E-state index contributed by atoms with van der Waals surface area (Å²) in [5, 5.41) is 0. The lowest BCUT2D eigenvalue weighted by atomic mass is 10.1. The number of carbonyl (C=O) groups excluding carboxylic acids is 1. The molecule has 0 unspecified atom stereocenters. The van der Waals surface area contributed by atoms with E-state index in [0.29, 0.717) is 0 Å². The molecule has 1 aromatic carbocycles. The molecule has 0 radical (unpaired) electrons. The molecule has 0 saturated heterocycles. The van der Waals surface area contributed by atoms with Gasteiger partial charge in [-0.2, -0.15) is 0 Å². The van der Waals surface area contributed by atoms with Crippen LogP contribution in [0.25, 0.3) is 0 Å². The highest BCUT2D eigenvalue weighted by atomic mass is 79.9. The van der Waals surface area contributed by atoms with Crippen LogP contribution >= 0.6 is 15.9 Å². The van der Waals surface area contributed by atoms with Crippen molar-refractivity contribution in [2.45, 2.75) is 13.3 Å². The van der Waals surface area contributed by atoms with E-state index in [4.69, 9.17) is 0 Å². The smallest absolute Gasteiger partial charge is 0.176 e. The van der Waals surface area contributed by atoms with Crippen molar-refractivity contribution >= 4 is 21.7 Å². The number of hydrogen-bond donors (Lipinski definition) is 0. The molecule has 0 aromatic heterocycles. The van der Waals surface area contributed by atoms with Gasteiger partial charge in [-0.3, -0.25) is 4.79 Å². The number of halogens is 5. The fourth-order valence-electron chi connectivity index (χ4n) is 1.05. The lowest BCUT2D eigenvalue weighted by Crippen LogP contribution is -2.08. The van der Waals surface area contributed by atoms with Crippen molar-refractivity contribution < 1.29 is 22.4 Å². The van der Waals surface area contributed by atoms with Crippen LogP contribution in [0.1, 0.15) is 12.5 Å². The third kappa shape index (κ3) is 2.19. The molecule has 0 fully saturated rings. The zero-order chi connectivity index (χ0) is 11.7. The van der Waals surface area contributed by atoms with E-state index < -0.39 is 45.5 Å². The van der Waals surface area contributed by atoms with Gasteiger partial charge in [-0.05, 0) is 22.9 Å². The highest BCUT2D eigenvalue weighted by Gasteiger charge is 2.24. The van der Waals surface area contributed by atoms with Crippen molar-refractivity contribution in [1.82, 2.24) is 0 Å². The molecule has 0 amide bonds. The molecule has 1 aromatic rings. The first-order valence-electron chi connectivity index (χ1n) is 3.86. The third-order valence-corrected chi connectivity index (χ3v) is 2.42. The summed E-state index contributed by atoms with van der Waals surface area (Å²) in [6, 6.07) is 0. The molecule has 0 aliphatic rings. The average molecular weight is 285 g/mol. The highest BCUT2D eigenvalue weighted by Crippen LogP contribution is 2.28. The van der Waals surface area contributed by atoms with E-state index >= 15 is 0 Å². The fourth-order valence-corrected chi connectivity index (χ4v) is 1.40. The molecule has 1 rings (SSSR count). The summed E-state index contributed by atoms with van der Waals surface area (Å²) in [7, 11) is 0. The van der Waals surface area contributed by atoms with Crippen molar-refractivity contribution in [3.63, 3.8) is 0 Å². The number of Topliss-reactive ketones (excluding diaryl/α,β-unsaturated/α-hetero) is 1. The Bertz CT molecular complexity index is 402. The normalized spacial score (nSPS) is 10.5. The van der Waals surface area contributed by atoms with Gasteiger partial charge in [0.05, 0.1) is 4.47 Å². The summed E-state index contributed by atoms with van der Waals surface area (Å²) in [6.45, 7) is 1.07. The maximum Gasteiger partial charge on any atom is 0.176 e. The van der Waals surface area contributed by atoms with Crippen LogP contribution in [-0.2, 0) is 11.2 Å². The summed E-state index contributed by atoms with van der Waals surface area (Å²) in [5.41, 5.74) is -0.888. The Morgan fingerprint density at radius 3 is 1.80 bits per heavy atom. The van der Waals surface area contributed by atoms with Gasteiger partial charge >= 0.3 is 0 Å². The Kier molecular flexibility index (Phi) is 3.49. The summed E-state index contributed by atoms with van der Waals surface area (Å²) < 4.78 is 51.2. The van der Waals surface area contributed by atoms with Crippen LogP contribution in [-0.4, -0.2) is 5.78 Å². The number of carbonyl (C=O) groups is 1. The summed E-state index contributed by atoms with van der Waals surface area (Å²) in [4.78, 5) is 10.6. The van der Waals surface area contributed by atoms with Gasteiger partial charge in [0.15, 0.2) is 23.3 Å². The Balaban J connectivity index is 3.45. The number of rotatable bonds is 2. The minimum Gasteiger partial charge on any atom is -0.300 e. The van der Waals surface area contributed by atoms with Gasteiger partial charge in [0.2, 0.25) is 0 Å². The topological polar surface area (TPSA) is 17.1 Å². The maximum atomic E-state index is 13.1. The highest BCUT2D eigenvalue weighted by molar-refractivity contribution is 9.10. The summed E-state index contributed by atoms with van der Waals surface area (Å²) >= 11 is 2.37. The molecule has 0 heterocycles. The first-order chi connectivity index (χ1) is 6.86. The van der Waals surface area contributed by atoms with Gasteiger partial charge < -0.3 is 0 Å². The minimum atomic E-state index is -1.55. The number of ketones is 1. The fraction of sp³-hybridized carbons (Fsp3) is 0.222. The largest absolute Gasteiger partial charge is 0.300 e. The molecule has 0 aliphatic heterocycles. The molecule has 0 aliphatic carbocycles. The van der Waals surface area contributed by atoms with Crippen LogP contribution in [0.5, 0.6) is 0 Å². The number of benzene rings is 1. The standard InChI is InChI=1S/C9H5BrF4O/c1-3(15)2-4-6(11)8(13)5(10)9(14)7(4)12/h2H2,1H3. The van der Waals surface area contributed by atoms with E-state index in [0.717, 1.165) is 6.92 Å². The zero-order valence-corrected chi connectivity index (χ0v) is 9.09. The van der Waals surface area contributed by atoms with Crippen molar-refractivity contribution in [3.8, 4) is 0 Å². The molecular formula is C9H5BrF4O. The molecule has 82 valence electrons. The van der Waals surface area contributed by atoms with Crippen molar-refractivity contribution in [2.24, 2.45) is 0 Å². The Morgan fingerprint density at radius 1 is 1.07 bits per heavy atom. The second kappa shape index (κ2) is 4.30. The summed E-state index contributed by atoms with van der Waals surface area (Å²) in [6.07, 6.45) is -0.682. The monoisotopic (exact) mass is 284 g/mol. The number of hydrogen-bond acceptors (Lipinski definition) is 1. The molecule has 0 N–H and O–H groups in total. The molecular weight excluding hydrogens is 280 g/mol. The SMILES string of the molecule is CC(=O)Cc1c(F)c(F)c(Br)c(F)c1F. The van der Waals surface area contributed by atoms with Gasteiger partial charge in [-0.1, -0.05) is 0 Å². The lowest BCUT2D eigenvalue weighted by molar-refractivity contribution is -0.116. The van der Waals surface area contributed by atoms with Gasteiger partial charge in [0.1, 0.15) is 5.78 Å². The van der Waals surface area contributed by atoms with E-state index in [9.17, 15) is 22.4 Å². The Labute approximate surface area is 91.2 Å². The Morgan fingerprint density at radius 2 is 1.47 bits per heavy atom. The second-order valence-electron chi connectivity index (χ2n) is 2.93. The maximum absolute atomic E-state index is 13.1. The van der Waals surface area contributed by atoms with Crippen LogP contribution in [0, 0.1) is 23.3 Å². The van der Waals surface area contributed by atoms with Crippen LogP contribution in [0.4, 0.5) is 17.6 Å².